The third kappa shape index (κ3) is 2.66. The fourth-order valence-corrected chi connectivity index (χ4v) is 2.57. The number of hydrogen-bond donors (Lipinski definition) is 1. The minimum atomic E-state index is -0.0193. The molecule has 20 heavy (non-hydrogen) atoms. The van der Waals surface area contributed by atoms with Gasteiger partial charge in [-0.15, -0.1) is 11.6 Å². The minimum absolute atomic E-state index is 0.0193. The number of ether oxygens (including phenoxy) is 1. The van der Waals surface area contributed by atoms with E-state index in [2.05, 4.69) is 17.1 Å². The van der Waals surface area contributed by atoms with Crippen LogP contribution in [0, 0.1) is 0 Å². The molecule has 0 saturated carbocycles. The van der Waals surface area contributed by atoms with Crippen molar-refractivity contribution in [1.82, 2.24) is 4.98 Å². The van der Waals surface area contributed by atoms with Crippen molar-refractivity contribution < 1.29 is 4.74 Å². The maximum atomic E-state index is 6.21. The van der Waals surface area contributed by atoms with Crippen LogP contribution in [-0.2, 0) is 0 Å². The number of H-pyrrole nitrogens is 1. The van der Waals surface area contributed by atoms with Crippen LogP contribution in [-0.4, -0.2) is 10.9 Å². The Balaban J connectivity index is 1.92. The number of fused-ring (bicyclic) bond motifs is 1. The van der Waals surface area contributed by atoms with Gasteiger partial charge in [-0.05, 0) is 23.8 Å². The lowest BCUT2D eigenvalue weighted by atomic mass is 10.1. The van der Waals surface area contributed by atoms with Crippen LogP contribution in [0.3, 0.4) is 0 Å². The highest BCUT2D eigenvalue weighted by Crippen LogP contribution is 2.30. The molecule has 0 unspecified atom stereocenters. The number of rotatable bonds is 5. The van der Waals surface area contributed by atoms with E-state index in [1.165, 1.54) is 0 Å². The van der Waals surface area contributed by atoms with Gasteiger partial charge in [0.25, 0.3) is 0 Å². The predicted molar refractivity (Wildman–Crippen MR) is 83.4 cm³/mol. The maximum Gasteiger partial charge on any atom is 0.129 e. The highest BCUT2D eigenvalue weighted by Gasteiger charge is 2.14. The van der Waals surface area contributed by atoms with Crippen molar-refractivity contribution in [3.05, 3.63) is 66.4 Å². The van der Waals surface area contributed by atoms with E-state index in [1.807, 2.05) is 48.7 Å². The van der Waals surface area contributed by atoms with Gasteiger partial charge >= 0.3 is 0 Å². The molecule has 2 nitrogen and oxygen atoms in total. The van der Waals surface area contributed by atoms with Gasteiger partial charge in [0.15, 0.2) is 0 Å². The minimum Gasteiger partial charge on any atom is -0.485 e. The highest BCUT2D eigenvalue weighted by molar-refractivity contribution is 6.17. The summed E-state index contributed by atoms with van der Waals surface area (Å²) in [5.41, 5.74) is 2.24. The van der Waals surface area contributed by atoms with Gasteiger partial charge in [-0.1, -0.05) is 36.4 Å². The molecule has 1 atom stereocenters. The Labute approximate surface area is 123 Å². The molecule has 3 aromatic rings. The Morgan fingerprint density at radius 1 is 1.00 bits per heavy atom. The number of aromatic nitrogens is 1. The Bertz CT molecular complexity index is 678. The first-order valence-electron chi connectivity index (χ1n) is 6.72. The van der Waals surface area contributed by atoms with Crippen LogP contribution in [0.5, 0.6) is 5.75 Å². The van der Waals surface area contributed by atoms with Gasteiger partial charge in [-0.2, -0.15) is 0 Å². The van der Waals surface area contributed by atoms with Crippen molar-refractivity contribution in [2.24, 2.45) is 0 Å². The van der Waals surface area contributed by atoms with Crippen molar-refractivity contribution >= 4 is 22.5 Å². The van der Waals surface area contributed by atoms with E-state index in [1.54, 1.807) is 0 Å². The zero-order chi connectivity index (χ0) is 13.8. The third-order valence-electron chi connectivity index (χ3n) is 3.37. The Kier molecular flexibility index (Phi) is 3.93. The second-order valence-electron chi connectivity index (χ2n) is 4.69. The number of halogens is 1. The van der Waals surface area contributed by atoms with Gasteiger partial charge in [0.2, 0.25) is 0 Å². The second-order valence-corrected chi connectivity index (χ2v) is 5.07. The Morgan fingerprint density at radius 3 is 2.65 bits per heavy atom. The molecule has 1 aromatic heterocycles. The second kappa shape index (κ2) is 6.02. The summed E-state index contributed by atoms with van der Waals surface area (Å²) in [6, 6.07) is 18.3. The van der Waals surface area contributed by atoms with E-state index in [9.17, 15) is 0 Å². The van der Waals surface area contributed by atoms with E-state index in [0.29, 0.717) is 5.88 Å². The number of hydrogen-bond acceptors (Lipinski definition) is 1. The molecular weight excluding hydrogens is 270 g/mol. The number of aromatic amines is 1. The molecule has 0 saturated heterocycles. The normalized spacial score (nSPS) is 12.4. The molecule has 0 fully saturated rings. The standard InChI is InChI=1S/C17H16ClNO/c18-11-9-16(13-5-2-1-3-6-13)20-17-8-4-7-15-14(17)10-12-19-15/h1-8,10,12,16,19H,9,11H2/t16-/m1/s1. The summed E-state index contributed by atoms with van der Waals surface area (Å²) in [5.74, 6) is 1.46. The molecule has 0 spiro atoms. The zero-order valence-electron chi connectivity index (χ0n) is 11.1. The third-order valence-corrected chi connectivity index (χ3v) is 3.59. The van der Waals surface area contributed by atoms with Crippen molar-refractivity contribution in [1.29, 1.82) is 0 Å². The molecule has 3 heteroatoms. The monoisotopic (exact) mass is 285 g/mol. The van der Waals surface area contributed by atoms with Crippen LogP contribution in [0.1, 0.15) is 18.1 Å². The molecule has 0 amide bonds. The van der Waals surface area contributed by atoms with Crippen LogP contribution in [0.15, 0.2) is 60.8 Å². The quantitative estimate of drug-likeness (QED) is 0.662. The molecule has 1 heterocycles. The summed E-state index contributed by atoms with van der Waals surface area (Å²) in [6.45, 7) is 0. The van der Waals surface area contributed by atoms with Crippen molar-refractivity contribution in [2.75, 3.05) is 5.88 Å². The number of benzene rings is 2. The smallest absolute Gasteiger partial charge is 0.129 e. The SMILES string of the molecule is ClCC[C@@H](Oc1cccc2[nH]ccc12)c1ccccc1. The van der Waals surface area contributed by atoms with E-state index < -0.39 is 0 Å². The van der Waals surface area contributed by atoms with Crippen molar-refractivity contribution in [2.45, 2.75) is 12.5 Å². The largest absolute Gasteiger partial charge is 0.485 e. The number of nitrogens with one attached hydrogen (secondary N) is 1. The summed E-state index contributed by atoms with van der Waals surface area (Å²) < 4.78 is 6.21. The summed E-state index contributed by atoms with van der Waals surface area (Å²) in [4.78, 5) is 3.20. The van der Waals surface area contributed by atoms with Crippen molar-refractivity contribution in [3.63, 3.8) is 0 Å². The molecule has 2 aromatic carbocycles. The fraction of sp³-hybridized carbons (Fsp3) is 0.176. The molecule has 3 rings (SSSR count). The molecule has 0 radical (unpaired) electrons. The lowest BCUT2D eigenvalue weighted by Crippen LogP contribution is -2.08. The summed E-state index contributed by atoms with van der Waals surface area (Å²) in [6.07, 6.45) is 2.69. The molecular formula is C17H16ClNO. The summed E-state index contributed by atoms with van der Waals surface area (Å²) in [5, 5.41) is 1.10. The average Bonchev–Trinajstić information content (AvgIpc) is 2.97. The summed E-state index contributed by atoms with van der Waals surface area (Å²) >= 11 is 5.92. The van der Waals surface area contributed by atoms with E-state index in [-0.39, 0.29) is 6.10 Å². The van der Waals surface area contributed by atoms with E-state index in [4.69, 9.17) is 16.3 Å². The first kappa shape index (κ1) is 13.1. The average molecular weight is 286 g/mol. The lowest BCUT2D eigenvalue weighted by Gasteiger charge is -2.19. The molecule has 0 aliphatic heterocycles. The van der Waals surface area contributed by atoms with Crippen LogP contribution < -0.4 is 4.74 Å². The van der Waals surface area contributed by atoms with Gasteiger partial charge in [0.1, 0.15) is 11.9 Å². The molecule has 0 aliphatic rings. The van der Waals surface area contributed by atoms with Crippen LogP contribution in [0.4, 0.5) is 0 Å². The first-order chi connectivity index (χ1) is 9.88. The topological polar surface area (TPSA) is 25.0 Å². The summed E-state index contributed by atoms with van der Waals surface area (Å²) in [7, 11) is 0. The van der Waals surface area contributed by atoms with E-state index in [0.717, 1.165) is 28.6 Å². The Morgan fingerprint density at radius 2 is 1.85 bits per heavy atom. The maximum absolute atomic E-state index is 6.21. The van der Waals surface area contributed by atoms with Crippen molar-refractivity contribution in [3.8, 4) is 5.75 Å². The van der Waals surface area contributed by atoms with Crippen LogP contribution in [0.2, 0.25) is 0 Å². The fourth-order valence-electron chi connectivity index (χ4n) is 2.37. The first-order valence-corrected chi connectivity index (χ1v) is 7.25. The molecule has 102 valence electrons. The molecule has 0 aliphatic carbocycles. The lowest BCUT2D eigenvalue weighted by molar-refractivity contribution is 0.205. The Hall–Kier alpha value is -1.93. The van der Waals surface area contributed by atoms with Crippen LogP contribution in [0.25, 0.3) is 10.9 Å². The van der Waals surface area contributed by atoms with Gasteiger partial charge in [-0.25, -0.2) is 0 Å². The number of alkyl halides is 1. The van der Waals surface area contributed by atoms with E-state index >= 15 is 0 Å². The highest BCUT2D eigenvalue weighted by atomic mass is 35.5. The molecule has 0 bridgehead atoms. The van der Waals surface area contributed by atoms with Crippen LogP contribution >= 0.6 is 11.6 Å². The zero-order valence-corrected chi connectivity index (χ0v) is 11.8. The molecule has 1 N–H and O–H groups in total. The van der Waals surface area contributed by atoms with Gasteiger partial charge < -0.3 is 9.72 Å². The van der Waals surface area contributed by atoms with Gasteiger partial charge in [0, 0.05) is 29.4 Å². The van der Waals surface area contributed by atoms with Gasteiger partial charge in [0.05, 0.1) is 0 Å². The predicted octanol–water partition coefficient (Wildman–Crippen LogP) is 4.92. The van der Waals surface area contributed by atoms with Gasteiger partial charge in [-0.3, -0.25) is 0 Å².